The average Bonchev–Trinajstić information content (AvgIpc) is 3.30. The van der Waals surface area contributed by atoms with Crippen molar-refractivity contribution in [2.24, 2.45) is 0 Å². The minimum absolute atomic E-state index is 0.0592. The molecule has 152 valence electrons. The summed E-state index contributed by atoms with van der Waals surface area (Å²) in [6, 6.07) is 18.9. The SMILES string of the molecule is O=C(Cc1cc2c(NC(=O)Cc3ccccc3Cl)[nH]nc2s1)NCc1ccccc1. The van der Waals surface area contributed by atoms with E-state index in [1.165, 1.54) is 11.3 Å². The highest BCUT2D eigenvalue weighted by atomic mass is 35.5. The highest BCUT2D eigenvalue weighted by Crippen LogP contribution is 2.29. The van der Waals surface area contributed by atoms with Crippen molar-refractivity contribution in [3.63, 3.8) is 0 Å². The maximum atomic E-state index is 12.4. The van der Waals surface area contributed by atoms with Crippen LogP contribution in [0.1, 0.15) is 16.0 Å². The van der Waals surface area contributed by atoms with Crippen molar-refractivity contribution in [2.45, 2.75) is 19.4 Å². The third-order valence-corrected chi connectivity index (χ3v) is 5.94. The van der Waals surface area contributed by atoms with Gasteiger partial charge in [0.1, 0.15) is 10.6 Å². The number of nitrogens with zero attached hydrogens (tertiary/aromatic N) is 1. The molecule has 2 aromatic carbocycles. The van der Waals surface area contributed by atoms with Crippen molar-refractivity contribution in [3.05, 3.63) is 81.7 Å². The van der Waals surface area contributed by atoms with E-state index in [0.29, 0.717) is 17.4 Å². The molecule has 0 aliphatic rings. The number of nitrogens with one attached hydrogen (secondary N) is 3. The largest absolute Gasteiger partial charge is 0.352 e. The first kappa shape index (κ1) is 20.1. The summed E-state index contributed by atoms with van der Waals surface area (Å²) in [5.74, 6) is 0.271. The van der Waals surface area contributed by atoms with E-state index in [0.717, 1.165) is 26.2 Å². The van der Waals surface area contributed by atoms with Gasteiger partial charge in [0.25, 0.3) is 0 Å². The van der Waals surface area contributed by atoms with Crippen LogP contribution in [0.15, 0.2) is 60.7 Å². The minimum atomic E-state index is -0.193. The van der Waals surface area contributed by atoms with E-state index in [4.69, 9.17) is 11.6 Å². The lowest BCUT2D eigenvalue weighted by Crippen LogP contribution is -2.24. The fourth-order valence-corrected chi connectivity index (χ4v) is 4.25. The first-order valence-electron chi connectivity index (χ1n) is 9.39. The third kappa shape index (κ3) is 4.87. The number of rotatable bonds is 7. The van der Waals surface area contributed by atoms with Gasteiger partial charge in [0.2, 0.25) is 11.8 Å². The van der Waals surface area contributed by atoms with Crippen molar-refractivity contribution in [1.82, 2.24) is 15.5 Å². The first-order valence-corrected chi connectivity index (χ1v) is 10.6. The summed E-state index contributed by atoms with van der Waals surface area (Å²) in [4.78, 5) is 26.3. The lowest BCUT2D eigenvalue weighted by atomic mass is 10.1. The second-order valence-corrected chi connectivity index (χ2v) is 8.31. The Morgan fingerprint density at radius 1 is 1.00 bits per heavy atom. The van der Waals surface area contributed by atoms with Gasteiger partial charge in [-0.15, -0.1) is 11.3 Å². The number of hydrogen-bond acceptors (Lipinski definition) is 4. The molecule has 3 N–H and O–H groups in total. The van der Waals surface area contributed by atoms with Crippen molar-refractivity contribution in [1.29, 1.82) is 0 Å². The quantitative estimate of drug-likeness (QED) is 0.401. The first-order chi connectivity index (χ1) is 14.6. The van der Waals surface area contributed by atoms with E-state index in [2.05, 4.69) is 20.8 Å². The van der Waals surface area contributed by atoms with E-state index in [1.54, 1.807) is 6.07 Å². The molecule has 6 nitrogen and oxygen atoms in total. The third-order valence-electron chi connectivity index (χ3n) is 4.54. The second-order valence-electron chi connectivity index (χ2n) is 6.79. The number of aromatic nitrogens is 2. The van der Waals surface area contributed by atoms with Gasteiger partial charge in [0.15, 0.2) is 0 Å². The number of benzene rings is 2. The van der Waals surface area contributed by atoms with Crippen molar-refractivity contribution in [2.75, 3.05) is 5.32 Å². The molecular weight excluding hydrogens is 420 g/mol. The van der Waals surface area contributed by atoms with Gasteiger partial charge in [0.05, 0.1) is 18.2 Å². The van der Waals surface area contributed by atoms with Gasteiger partial charge in [-0.1, -0.05) is 60.1 Å². The van der Waals surface area contributed by atoms with Crippen molar-refractivity contribution < 1.29 is 9.59 Å². The van der Waals surface area contributed by atoms with Gasteiger partial charge in [-0.05, 0) is 23.3 Å². The molecule has 0 aliphatic heterocycles. The number of fused-ring (bicyclic) bond motifs is 1. The van der Waals surface area contributed by atoms with Crippen LogP contribution < -0.4 is 10.6 Å². The summed E-state index contributed by atoms with van der Waals surface area (Å²) in [7, 11) is 0. The van der Waals surface area contributed by atoms with Crippen LogP contribution in [-0.2, 0) is 29.0 Å². The van der Waals surface area contributed by atoms with Crippen molar-refractivity contribution >= 4 is 50.8 Å². The summed E-state index contributed by atoms with van der Waals surface area (Å²) in [5, 5.41) is 14.2. The average molecular weight is 439 g/mol. The van der Waals surface area contributed by atoms with Crippen molar-refractivity contribution in [3.8, 4) is 0 Å². The molecule has 0 aliphatic carbocycles. The van der Waals surface area contributed by atoms with Gasteiger partial charge in [-0.3, -0.25) is 14.7 Å². The Kier molecular flexibility index (Phi) is 6.11. The lowest BCUT2D eigenvalue weighted by Gasteiger charge is -2.05. The highest BCUT2D eigenvalue weighted by molar-refractivity contribution is 7.18. The van der Waals surface area contributed by atoms with Crippen LogP contribution in [0.25, 0.3) is 10.2 Å². The minimum Gasteiger partial charge on any atom is -0.352 e. The summed E-state index contributed by atoms with van der Waals surface area (Å²) < 4.78 is 0. The van der Waals surface area contributed by atoms with Gasteiger partial charge < -0.3 is 10.6 Å². The maximum absolute atomic E-state index is 12.4. The Bertz CT molecular complexity index is 1190. The molecule has 2 aromatic heterocycles. The van der Waals surface area contributed by atoms with Crippen LogP contribution in [0.2, 0.25) is 5.02 Å². The molecule has 0 unspecified atom stereocenters. The van der Waals surface area contributed by atoms with Crippen LogP contribution in [-0.4, -0.2) is 22.0 Å². The molecular formula is C22H19ClN4O2S. The smallest absolute Gasteiger partial charge is 0.230 e. The molecule has 2 amide bonds. The van der Waals surface area contributed by atoms with E-state index >= 15 is 0 Å². The monoisotopic (exact) mass is 438 g/mol. The Hall–Kier alpha value is -3.16. The number of carbonyl (C=O) groups is 2. The van der Waals surface area contributed by atoms with Crippen LogP contribution in [0.5, 0.6) is 0 Å². The molecule has 8 heteroatoms. The molecule has 0 spiro atoms. The number of thiophene rings is 1. The van der Waals surface area contributed by atoms with Gasteiger partial charge in [-0.25, -0.2) is 0 Å². The van der Waals surface area contributed by atoms with Crippen LogP contribution in [0, 0.1) is 0 Å². The number of aromatic amines is 1. The number of H-pyrrole nitrogens is 1. The fraction of sp³-hybridized carbons (Fsp3) is 0.136. The van der Waals surface area contributed by atoms with Crippen LogP contribution in [0.4, 0.5) is 5.82 Å². The Labute approximate surface area is 182 Å². The molecule has 0 bridgehead atoms. The predicted octanol–water partition coefficient (Wildman–Crippen LogP) is 4.32. The zero-order valence-electron chi connectivity index (χ0n) is 15.9. The van der Waals surface area contributed by atoms with Gasteiger partial charge in [-0.2, -0.15) is 5.10 Å². The molecule has 2 heterocycles. The number of halogens is 1. The van der Waals surface area contributed by atoms with Gasteiger partial charge in [0, 0.05) is 16.4 Å². The Balaban J connectivity index is 1.37. The number of hydrogen-bond donors (Lipinski definition) is 3. The lowest BCUT2D eigenvalue weighted by molar-refractivity contribution is -0.120. The number of amides is 2. The predicted molar refractivity (Wildman–Crippen MR) is 120 cm³/mol. The Morgan fingerprint density at radius 3 is 2.57 bits per heavy atom. The highest BCUT2D eigenvalue weighted by Gasteiger charge is 2.15. The second kappa shape index (κ2) is 9.11. The molecule has 0 saturated heterocycles. The summed E-state index contributed by atoms with van der Waals surface area (Å²) in [5.41, 5.74) is 1.81. The summed E-state index contributed by atoms with van der Waals surface area (Å²) >= 11 is 7.55. The molecule has 4 rings (SSSR count). The van der Waals surface area contributed by atoms with E-state index in [1.807, 2.05) is 54.6 Å². The topological polar surface area (TPSA) is 86.9 Å². The van der Waals surface area contributed by atoms with E-state index in [-0.39, 0.29) is 24.7 Å². The van der Waals surface area contributed by atoms with E-state index < -0.39 is 0 Å². The van der Waals surface area contributed by atoms with Crippen LogP contribution in [0.3, 0.4) is 0 Å². The van der Waals surface area contributed by atoms with Crippen LogP contribution >= 0.6 is 22.9 Å². The molecule has 30 heavy (non-hydrogen) atoms. The molecule has 0 fully saturated rings. The normalized spacial score (nSPS) is 10.8. The zero-order valence-corrected chi connectivity index (χ0v) is 17.5. The fourth-order valence-electron chi connectivity index (χ4n) is 3.06. The molecule has 0 atom stereocenters. The maximum Gasteiger partial charge on any atom is 0.230 e. The standard InChI is InChI=1S/C22H19ClN4O2S/c23-18-9-5-4-8-15(18)10-20(29)25-21-17-11-16(30-22(17)27-26-21)12-19(28)24-13-14-6-2-1-3-7-14/h1-9,11H,10,12-13H2,(H,24,28)(H2,25,26,27,29). The summed E-state index contributed by atoms with van der Waals surface area (Å²) in [6.45, 7) is 0.492. The summed E-state index contributed by atoms with van der Waals surface area (Å²) in [6.07, 6.45) is 0.430. The molecule has 0 radical (unpaired) electrons. The molecule has 4 aromatic rings. The van der Waals surface area contributed by atoms with Gasteiger partial charge >= 0.3 is 0 Å². The number of anilines is 1. The zero-order chi connectivity index (χ0) is 20.9. The van der Waals surface area contributed by atoms with E-state index in [9.17, 15) is 9.59 Å². The Morgan fingerprint density at radius 2 is 1.77 bits per heavy atom. The molecule has 0 saturated carbocycles. The number of carbonyl (C=O) groups excluding carboxylic acids is 2.